The highest BCUT2D eigenvalue weighted by molar-refractivity contribution is 6.30. The maximum absolute atomic E-state index is 12.2. The number of hydrogen-bond donors (Lipinski definition) is 2. The Morgan fingerprint density at radius 2 is 2.13 bits per heavy atom. The molecule has 0 aliphatic carbocycles. The summed E-state index contributed by atoms with van der Waals surface area (Å²) in [6.07, 6.45) is 1.04. The summed E-state index contributed by atoms with van der Waals surface area (Å²) < 4.78 is 5.40. The number of nitrogens with one attached hydrogen (secondary N) is 1. The van der Waals surface area contributed by atoms with Crippen molar-refractivity contribution in [1.82, 2.24) is 10.2 Å². The molecule has 6 nitrogen and oxygen atoms in total. The Labute approximate surface area is 140 Å². The van der Waals surface area contributed by atoms with Gasteiger partial charge in [-0.1, -0.05) is 23.7 Å². The average molecular weight is 341 g/mol. The maximum Gasteiger partial charge on any atom is 0.317 e. The number of carbonyl (C=O) groups excluding carboxylic acids is 1. The molecule has 1 aromatic rings. The zero-order valence-corrected chi connectivity index (χ0v) is 13.8. The molecule has 1 saturated heterocycles. The molecule has 0 radical (unpaired) electrons. The monoisotopic (exact) mass is 340 g/mol. The Morgan fingerprint density at radius 1 is 1.43 bits per heavy atom. The van der Waals surface area contributed by atoms with E-state index in [0.717, 1.165) is 5.56 Å². The summed E-state index contributed by atoms with van der Waals surface area (Å²) in [5, 5.41) is 12.5. The van der Waals surface area contributed by atoms with Gasteiger partial charge in [0.15, 0.2) is 0 Å². The van der Waals surface area contributed by atoms with Gasteiger partial charge in [-0.3, -0.25) is 4.79 Å². The molecule has 2 rings (SSSR count). The van der Waals surface area contributed by atoms with E-state index in [9.17, 15) is 9.59 Å². The normalized spacial score (nSPS) is 19.2. The molecule has 1 aliphatic heterocycles. The number of carbonyl (C=O) groups is 2. The number of benzene rings is 1. The topological polar surface area (TPSA) is 78.9 Å². The fourth-order valence-electron chi connectivity index (χ4n) is 2.67. The number of ether oxygens (including phenoxy) is 1. The van der Waals surface area contributed by atoms with Gasteiger partial charge in [-0.15, -0.1) is 0 Å². The minimum absolute atomic E-state index is 0.250. The molecule has 2 atom stereocenters. The second-order valence-corrected chi connectivity index (χ2v) is 6.02. The predicted molar refractivity (Wildman–Crippen MR) is 86.5 cm³/mol. The molecule has 1 aromatic carbocycles. The van der Waals surface area contributed by atoms with Gasteiger partial charge in [0, 0.05) is 31.8 Å². The Morgan fingerprint density at radius 3 is 2.74 bits per heavy atom. The third kappa shape index (κ3) is 4.84. The Hall–Kier alpha value is -1.79. The van der Waals surface area contributed by atoms with Crippen LogP contribution in [0.15, 0.2) is 24.3 Å². The van der Waals surface area contributed by atoms with Gasteiger partial charge in [-0.2, -0.15) is 0 Å². The van der Waals surface area contributed by atoms with E-state index in [-0.39, 0.29) is 18.7 Å². The molecule has 1 aliphatic rings. The van der Waals surface area contributed by atoms with E-state index in [0.29, 0.717) is 31.0 Å². The van der Waals surface area contributed by atoms with Crippen molar-refractivity contribution in [2.45, 2.75) is 18.9 Å². The molecule has 2 amide bonds. The van der Waals surface area contributed by atoms with Crippen molar-refractivity contribution < 1.29 is 19.4 Å². The first-order chi connectivity index (χ1) is 11.0. The molecular weight excluding hydrogens is 320 g/mol. The number of methoxy groups -OCH3 is 1. The molecule has 0 bridgehead atoms. The number of carboxylic acids is 1. The van der Waals surface area contributed by atoms with Crippen LogP contribution in [0.2, 0.25) is 5.02 Å². The van der Waals surface area contributed by atoms with Gasteiger partial charge in [0.25, 0.3) is 0 Å². The molecule has 2 N–H and O–H groups in total. The Bertz CT molecular complexity index is 550. The summed E-state index contributed by atoms with van der Waals surface area (Å²) in [4.78, 5) is 24.8. The van der Waals surface area contributed by atoms with Crippen LogP contribution in [0.5, 0.6) is 0 Å². The number of piperidine rings is 1. The second-order valence-electron chi connectivity index (χ2n) is 5.59. The van der Waals surface area contributed by atoms with Gasteiger partial charge in [0.1, 0.15) is 0 Å². The van der Waals surface area contributed by atoms with Crippen LogP contribution < -0.4 is 5.32 Å². The van der Waals surface area contributed by atoms with Crippen molar-refractivity contribution in [3.63, 3.8) is 0 Å². The van der Waals surface area contributed by atoms with Crippen LogP contribution in [-0.4, -0.2) is 48.8 Å². The predicted octanol–water partition coefficient (Wildman–Crippen LogP) is 2.53. The molecule has 0 spiro atoms. The second kappa shape index (κ2) is 8.17. The number of likely N-dealkylation sites (tertiary alicyclic amines) is 1. The zero-order valence-electron chi connectivity index (χ0n) is 13.0. The van der Waals surface area contributed by atoms with Crippen molar-refractivity contribution in [2.75, 3.05) is 26.7 Å². The van der Waals surface area contributed by atoms with E-state index in [1.807, 2.05) is 12.1 Å². The lowest BCUT2D eigenvalue weighted by molar-refractivity contribution is -0.143. The number of hydrogen-bond acceptors (Lipinski definition) is 3. The van der Waals surface area contributed by atoms with Crippen LogP contribution in [0.25, 0.3) is 0 Å². The summed E-state index contributed by atoms with van der Waals surface area (Å²) in [5.41, 5.74) is 0.916. The van der Waals surface area contributed by atoms with Gasteiger partial charge >= 0.3 is 12.0 Å². The highest BCUT2D eigenvalue weighted by Gasteiger charge is 2.28. The highest BCUT2D eigenvalue weighted by Crippen LogP contribution is 2.19. The van der Waals surface area contributed by atoms with Crippen molar-refractivity contribution in [3.8, 4) is 0 Å². The lowest BCUT2D eigenvalue weighted by Gasteiger charge is -2.31. The van der Waals surface area contributed by atoms with E-state index in [1.165, 1.54) is 0 Å². The summed E-state index contributed by atoms with van der Waals surface area (Å²) in [7, 11) is 1.58. The lowest BCUT2D eigenvalue weighted by Crippen LogP contribution is -2.47. The molecule has 126 valence electrons. The summed E-state index contributed by atoms with van der Waals surface area (Å²) >= 11 is 5.86. The molecule has 1 fully saturated rings. The third-order valence-electron chi connectivity index (χ3n) is 4.02. The van der Waals surface area contributed by atoms with E-state index in [1.54, 1.807) is 24.1 Å². The first kappa shape index (κ1) is 17.6. The summed E-state index contributed by atoms with van der Waals surface area (Å²) in [5.74, 6) is -1.33. The molecular formula is C16H21ClN2O4. The molecule has 1 unspecified atom stereocenters. The number of carboxylic acid groups (broad SMARTS) is 1. The zero-order chi connectivity index (χ0) is 16.8. The molecule has 0 saturated carbocycles. The van der Waals surface area contributed by atoms with Crippen LogP contribution >= 0.6 is 11.6 Å². The molecule has 23 heavy (non-hydrogen) atoms. The van der Waals surface area contributed by atoms with Crippen molar-refractivity contribution in [2.24, 2.45) is 5.92 Å². The Balaban J connectivity index is 1.89. The van der Waals surface area contributed by atoms with Gasteiger partial charge in [-0.25, -0.2) is 4.79 Å². The van der Waals surface area contributed by atoms with E-state index in [4.69, 9.17) is 21.4 Å². The fourth-order valence-corrected chi connectivity index (χ4v) is 2.80. The summed E-state index contributed by atoms with van der Waals surface area (Å²) in [6.45, 7) is 1.14. The largest absolute Gasteiger partial charge is 0.481 e. The van der Waals surface area contributed by atoms with Crippen LogP contribution in [0, 0.1) is 5.92 Å². The van der Waals surface area contributed by atoms with Crippen molar-refractivity contribution in [1.29, 1.82) is 0 Å². The van der Waals surface area contributed by atoms with Crippen molar-refractivity contribution in [3.05, 3.63) is 34.9 Å². The van der Waals surface area contributed by atoms with Crippen LogP contribution in [-0.2, 0) is 9.53 Å². The number of halogens is 1. The number of urea groups is 1. The van der Waals surface area contributed by atoms with E-state index >= 15 is 0 Å². The van der Waals surface area contributed by atoms with E-state index < -0.39 is 11.9 Å². The minimum Gasteiger partial charge on any atom is -0.481 e. The fraction of sp³-hybridized carbons (Fsp3) is 0.500. The van der Waals surface area contributed by atoms with Gasteiger partial charge < -0.3 is 20.1 Å². The molecule has 7 heteroatoms. The molecule has 1 heterocycles. The summed E-state index contributed by atoms with van der Waals surface area (Å²) in [6, 6.07) is 6.99. The number of amides is 2. The Kier molecular flexibility index (Phi) is 6.24. The first-order valence-corrected chi connectivity index (χ1v) is 7.93. The van der Waals surface area contributed by atoms with Crippen LogP contribution in [0.4, 0.5) is 4.79 Å². The smallest absolute Gasteiger partial charge is 0.317 e. The number of nitrogens with zero attached hydrogens (tertiary/aromatic N) is 1. The maximum atomic E-state index is 12.2. The van der Waals surface area contributed by atoms with Crippen LogP contribution in [0.1, 0.15) is 24.5 Å². The van der Waals surface area contributed by atoms with Gasteiger partial charge in [0.05, 0.1) is 12.0 Å². The lowest BCUT2D eigenvalue weighted by atomic mass is 9.99. The average Bonchev–Trinajstić information content (AvgIpc) is 2.56. The minimum atomic E-state index is -0.849. The quantitative estimate of drug-likeness (QED) is 0.863. The number of aliphatic carboxylic acids is 1. The third-order valence-corrected chi connectivity index (χ3v) is 4.27. The van der Waals surface area contributed by atoms with E-state index in [2.05, 4.69) is 5.32 Å². The first-order valence-electron chi connectivity index (χ1n) is 7.55. The van der Waals surface area contributed by atoms with Gasteiger partial charge in [0.2, 0.25) is 0 Å². The molecule has 0 aromatic heterocycles. The number of rotatable bonds is 5. The standard InChI is InChI=1S/C16H21ClN2O4/c1-23-14(11-4-6-13(17)7-5-11)9-18-16(22)19-8-2-3-12(10-19)15(20)21/h4-7,12,14H,2-3,8-10H2,1H3,(H,18,22)(H,20,21)/t12-,14?/m0/s1. The van der Waals surface area contributed by atoms with Crippen LogP contribution in [0.3, 0.4) is 0 Å². The van der Waals surface area contributed by atoms with Crippen molar-refractivity contribution >= 4 is 23.6 Å². The highest BCUT2D eigenvalue weighted by atomic mass is 35.5. The SMILES string of the molecule is COC(CNC(=O)N1CCC[C@H](C(=O)O)C1)c1ccc(Cl)cc1. The van der Waals surface area contributed by atoms with Gasteiger partial charge in [-0.05, 0) is 30.5 Å².